The molecule has 1 aromatic heterocycles. The number of fused-ring (bicyclic) bond motifs is 1. The van der Waals surface area contributed by atoms with Crippen LogP contribution < -0.4 is 5.32 Å². The van der Waals surface area contributed by atoms with Gasteiger partial charge in [0.05, 0.1) is 16.6 Å². The van der Waals surface area contributed by atoms with Gasteiger partial charge in [-0.05, 0) is 19.1 Å². The number of hydrogen-bond donors (Lipinski definition) is 2. The SMILES string of the molecule is CC(CC(=O)O)Nc1nc2ccccc2s1. The second-order valence-corrected chi connectivity index (χ2v) is 4.66. The Labute approximate surface area is 96.9 Å². The van der Waals surface area contributed by atoms with Crippen molar-refractivity contribution in [3.05, 3.63) is 24.3 Å². The minimum Gasteiger partial charge on any atom is -0.481 e. The molecule has 0 saturated heterocycles. The predicted molar refractivity (Wildman–Crippen MR) is 65.0 cm³/mol. The van der Waals surface area contributed by atoms with Crippen LogP contribution in [0.25, 0.3) is 10.2 Å². The maximum atomic E-state index is 10.5. The first kappa shape index (κ1) is 10.9. The van der Waals surface area contributed by atoms with Gasteiger partial charge in [-0.1, -0.05) is 23.5 Å². The summed E-state index contributed by atoms with van der Waals surface area (Å²) >= 11 is 1.54. The average Bonchev–Trinajstić information content (AvgIpc) is 2.57. The first-order chi connectivity index (χ1) is 7.65. The van der Waals surface area contributed by atoms with E-state index < -0.39 is 5.97 Å². The number of aliphatic carboxylic acids is 1. The molecule has 0 amide bonds. The smallest absolute Gasteiger partial charge is 0.305 e. The number of thiazole rings is 1. The van der Waals surface area contributed by atoms with Crippen molar-refractivity contribution in [3.8, 4) is 0 Å². The van der Waals surface area contributed by atoms with Crippen LogP contribution in [0.15, 0.2) is 24.3 Å². The summed E-state index contributed by atoms with van der Waals surface area (Å²) in [6.45, 7) is 1.83. The Morgan fingerprint density at radius 3 is 3.00 bits per heavy atom. The number of benzene rings is 1. The fraction of sp³-hybridized carbons (Fsp3) is 0.273. The third kappa shape index (κ3) is 2.49. The number of hydrogen-bond acceptors (Lipinski definition) is 4. The predicted octanol–water partition coefficient (Wildman–Crippen LogP) is 2.57. The summed E-state index contributed by atoms with van der Waals surface area (Å²) in [6, 6.07) is 7.73. The number of aromatic nitrogens is 1. The normalized spacial score (nSPS) is 12.6. The van der Waals surface area contributed by atoms with Gasteiger partial charge in [0, 0.05) is 6.04 Å². The van der Waals surface area contributed by atoms with Crippen molar-refractivity contribution in [2.75, 3.05) is 5.32 Å². The molecule has 0 aliphatic heterocycles. The van der Waals surface area contributed by atoms with Gasteiger partial charge in [0.25, 0.3) is 0 Å². The lowest BCUT2D eigenvalue weighted by molar-refractivity contribution is -0.137. The van der Waals surface area contributed by atoms with Gasteiger partial charge in [-0.2, -0.15) is 0 Å². The van der Waals surface area contributed by atoms with E-state index in [1.165, 1.54) is 11.3 Å². The zero-order valence-electron chi connectivity index (χ0n) is 8.80. The number of carboxylic acids is 1. The zero-order chi connectivity index (χ0) is 11.5. The molecule has 1 unspecified atom stereocenters. The summed E-state index contributed by atoms with van der Waals surface area (Å²) in [5.41, 5.74) is 0.942. The number of rotatable bonds is 4. The summed E-state index contributed by atoms with van der Waals surface area (Å²) in [6.07, 6.45) is 0.0932. The van der Waals surface area contributed by atoms with Gasteiger partial charge in [-0.3, -0.25) is 4.79 Å². The summed E-state index contributed by atoms with van der Waals surface area (Å²) in [5, 5.41) is 12.5. The van der Waals surface area contributed by atoms with Crippen LogP contribution in [-0.2, 0) is 4.79 Å². The van der Waals surface area contributed by atoms with E-state index in [4.69, 9.17) is 5.11 Å². The monoisotopic (exact) mass is 236 g/mol. The van der Waals surface area contributed by atoms with E-state index in [1.807, 2.05) is 31.2 Å². The molecule has 1 atom stereocenters. The number of nitrogens with one attached hydrogen (secondary N) is 1. The Balaban J connectivity index is 2.12. The zero-order valence-corrected chi connectivity index (χ0v) is 9.62. The maximum Gasteiger partial charge on any atom is 0.305 e. The standard InChI is InChI=1S/C11H12N2O2S/c1-7(6-10(14)15)12-11-13-8-4-2-3-5-9(8)16-11/h2-5,7H,6H2,1H3,(H,12,13)(H,14,15). The minimum absolute atomic E-state index is 0.0932. The first-order valence-corrected chi connectivity index (χ1v) is 5.80. The molecule has 16 heavy (non-hydrogen) atoms. The molecular formula is C11H12N2O2S. The van der Waals surface area contributed by atoms with E-state index in [0.717, 1.165) is 15.3 Å². The van der Waals surface area contributed by atoms with Gasteiger partial charge >= 0.3 is 5.97 Å². The second-order valence-electron chi connectivity index (χ2n) is 3.63. The highest BCUT2D eigenvalue weighted by atomic mass is 32.1. The fourth-order valence-electron chi connectivity index (χ4n) is 1.46. The second kappa shape index (κ2) is 4.49. The molecule has 1 heterocycles. The molecule has 0 spiro atoms. The van der Waals surface area contributed by atoms with Gasteiger partial charge in [-0.15, -0.1) is 0 Å². The van der Waals surface area contributed by atoms with E-state index in [9.17, 15) is 4.79 Å². The molecule has 0 bridgehead atoms. The van der Waals surface area contributed by atoms with Crippen LogP contribution in [0.4, 0.5) is 5.13 Å². The molecule has 1 aromatic carbocycles. The van der Waals surface area contributed by atoms with Crippen LogP contribution in [0.1, 0.15) is 13.3 Å². The van der Waals surface area contributed by atoms with E-state index >= 15 is 0 Å². The molecule has 4 nitrogen and oxygen atoms in total. The van der Waals surface area contributed by atoms with E-state index in [1.54, 1.807) is 0 Å². The lowest BCUT2D eigenvalue weighted by Gasteiger charge is -2.08. The highest BCUT2D eigenvalue weighted by Gasteiger charge is 2.09. The van der Waals surface area contributed by atoms with Crippen molar-refractivity contribution < 1.29 is 9.90 Å². The van der Waals surface area contributed by atoms with Crippen LogP contribution >= 0.6 is 11.3 Å². The third-order valence-electron chi connectivity index (χ3n) is 2.14. The van der Waals surface area contributed by atoms with Crippen molar-refractivity contribution >= 4 is 32.7 Å². The van der Waals surface area contributed by atoms with E-state index in [0.29, 0.717) is 0 Å². The summed E-state index contributed by atoms with van der Waals surface area (Å²) in [7, 11) is 0. The van der Waals surface area contributed by atoms with Crippen molar-refractivity contribution in [2.45, 2.75) is 19.4 Å². The summed E-state index contributed by atoms with van der Waals surface area (Å²) in [4.78, 5) is 14.9. The van der Waals surface area contributed by atoms with Crippen molar-refractivity contribution in [1.82, 2.24) is 4.98 Å². The molecule has 0 aliphatic carbocycles. The minimum atomic E-state index is -0.805. The lowest BCUT2D eigenvalue weighted by Crippen LogP contribution is -2.18. The molecule has 2 rings (SSSR count). The number of nitrogens with zero attached hydrogens (tertiary/aromatic N) is 1. The van der Waals surface area contributed by atoms with Gasteiger partial charge in [-0.25, -0.2) is 4.98 Å². The maximum absolute atomic E-state index is 10.5. The number of carboxylic acid groups (broad SMARTS) is 1. The highest BCUT2D eigenvalue weighted by molar-refractivity contribution is 7.22. The molecule has 5 heteroatoms. The van der Waals surface area contributed by atoms with Crippen molar-refractivity contribution in [3.63, 3.8) is 0 Å². The Bertz CT molecular complexity index is 476. The largest absolute Gasteiger partial charge is 0.481 e. The Kier molecular flexibility index (Phi) is 3.05. The molecule has 0 radical (unpaired) electrons. The van der Waals surface area contributed by atoms with Crippen LogP contribution in [0, 0.1) is 0 Å². The number of para-hydroxylation sites is 1. The fourth-order valence-corrected chi connectivity index (χ4v) is 2.43. The van der Waals surface area contributed by atoms with Gasteiger partial charge in [0.15, 0.2) is 5.13 Å². The topological polar surface area (TPSA) is 62.2 Å². The van der Waals surface area contributed by atoms with E-state index in [-0.39, 0.29) is 12.5 Å². The van der Waals surface area contributed by atoms with Gasteiger partial charge in [0.1, 0.15) is 0 Å². The highest BCUT2D eigenvalue weighted by Crippen LogP contribution is 2.25. The van der Waals surface area contributed by atoms with Crippen molar-refractivity contribution in [2.24, 2.45) is 0 Å². The van der Waals surface area contributed by atoms with Crippen LogP contribution in [0.2, 0.25) is 0 Å². The molecule has 84 valence electrons. The van der Waals surface area contributed by atoms with Gasteiger partial charge < -0.3 is 10.4 Å². The quantitative estimate of drug-likeness (QED) is 0.856. The average molecular weight is 236 g/mol. The van der Waals surface area contributed by atoms with Crippen LogP contribution in [0.5, 0.6) is 0 Å². The Morgan fingerprint density at radius 1 is 1.56 bits per heavy atom. The molecule has 0 fully saturated rings. The lowest BCUT2D eigenvalue weighted by atomic mass is 10.2. The molecule has 0 saturated carbocycles. The summed E-state index contributed by atoms with van der Waals surface area (Å²) in [5.74, 6) is -0.805. The van der Waals surface area contributed by atoms with Crippen LogP contribution in [0.3, 0.4) is 0 Å². The van der Waals surface area contributed by atoms with Crippen molar-refractivity contribution in [1.29, 1.82) is 0 Å². The van der Waals surface area contributed by atoms with E-state index in [2.05, 4.69) is 10.3 Å². The third-order valence-corrected chi connectivity index (χ3v) is 3.11. The molecule has 2 N–H and O–H groups in total. The number of carbonyl (C=O) groups is 1. The van der Waals surface area contributed by atoms with Crippen LogP contribution in [-0.4, -0.2) is 22.1 Å². The molecule has 0 aliphatic rings. The summed E-state index contributed by atoms with van der Waals surface area (Å²) < 4.78 is 1.10. The molecular weight excluding hydrogens is 224 g/mol. The number of anilines is 1. The Hall–Kier alpha value is -1.62. The van der Waals surface area contributed by atoms with Gasteiger partial charge in [0.2, 0.25) is 0 Å². The first-order valence-electron chi connectivity index (χ1n) is 4.99. The molecule has 2 aromatic rings. The Morgan fingerprint density at radius 2 is 2.31 bits per heavy atom.